The number of hydrazone groups is 1. The highest BCUT2D eigenvalue weighted by atomic mass is 35.5. The molecule has 0 heterocycles. The summed E-state index contributed by atoms with van der Waals surface area (Å²) >= 11 is 11.9. The van der Waals surface area contributed by atoms with E-state index >= 15 is 0 Å². The van der Waals surface area contributed by atoms with Crippen LogP contribution in [0, 0.1) is 0 Å². The van der Waals surface area contributed by atoms with Gasteiger partial charge in [0.15, 0.2) is 6.61 Å². The Kier molecular flexibility index (Phi) is 10.3. The quantitative estimate of drug-likeness (QED) is 0.202. The lowest BCUT2D eigenvalue weighted by molar-refractivity contribution is -0.139. The Labute approximate surface area is 223 Å². The van der Waals surface area contributed by atoms with Crippen molar-refractivity contribution in [2.75, 3.05) is 18.5 Å². The van der Waals surface area contributed by atoms with Crippen molar-refractivity contribution in [1.82, 2.24) is 10.7 Å². The second kappa shape index (κ2) is 13.9. The second-order valence-electron chi connectivity index (χ2n) is 7.48. The molecule has 0 unspecified atom stereocenters. The van der Waals surface area contributed by atoms with Crippen LogP contribution in [0.15, 0.2) is 71.8 Å². The van der Waals surface area contributed by atoms with E-state index in [-0.39, 0.29) is 19.1 Å². The molecule has 3 aromatic rings. The van der Waals surface area contributed by atoms with Crippen LogP contribution in [0.1, 0.15) is 18.1 Å². The summed E-state index contributed by atoms with van der Waals surface area (Å²) in [4.78, 5) is 36.3. The zero-order valence-electron chi connectivity index (χ0n) is 19.8. The molecule has 0 spiro atoms. The minimum Gasteiger partial charge on any atom is -0.494 e. The Balaban J connectivity index is 1.51. The van der Waals surface area contributed by atoms with Crippen LogP contribution in [-0.2, 0) is 20.9 Å². The van der Waals surface area contributed by atoms with Crippen molar-refractivity contribution < 1.29 is 23.9 Å². The fraction of sp³-hybridized carbons (Fsp3) is 0.154. The van der Waals surface area contributed by atoms with Crippen LogP contribution in [0.5, 0.6) is 11.5 Å². The third kappa shape index (κ3) is 9.14. The molecule has 0 fully saturated rings. The molecule has 0 aromatic heterocycles. The summed E-state index contributed by atoms with van der Waals surface area (Å²) < 4.78 is 11.0. The van der Waals surface area contributed by atoms with Gasteiger partial charge in [-0.1, -0.05) is 35.3 Å². The van der Waals surface area contributed by atoms with Crippen LogP contribution in [0.3, 0.4) is 0 Å². The summed E-state index contributed by atoms with van der Waals surface area (Å²) in [6, 6.07) is 18.5. The van der Waals surface area contributed by atoms with Gasteiger partial charge in [0.05, 0.1) is 12.8 Å². The number of hydrogen-bond acceptors (Lipinski definition) is 6. The monoisotopic (exact) mass is 542 g/mol. The lowest BCUT2D eigenvalue weighted by Gasteiger charge is -2.10. The first kappa shape index (κ1) is 27.5. The molecule has 3 aromatic carbocycles. The first-order valence-electron chi connectivity index (χ1n) is 11.1. The van der Waals surface area contributed by atoms with Crippen molar-refractivity contribution in [3.8, 4) is 11.5 Å². The molecule has 192 valence electrons. The van der Waals surface area contributed by atoms with Gasteiger partial charge < -0.3 is 20.1 Å². The summed E-state index contributed by atoms with van der Waals surface area (Å²) in [7, 11) is 0. The largest absolute Gasteiger partial charge is 0.494 e. The number of benzene rings is 3. The van der Waals surface area contributed by atoms with E-state index in [0.717, 1.165) is 5.56 Å². The van der Waals surface area contributed by atoms with Gasteiger partial charge in [-0.2, -0.15) is 5.10 Å². The van der Waals surface area contributed by atoms with E-state index in [9.17, 15) is 14.4 Å². The molecule has 0 saturated carbocycles. The van der Waals surface area contributed by atoms with E-state index in [4.69, 9.17) is 32.7 Å². The Morgan fingerprint density at radius 1 is 0.892 bits per heavy atom. The number of anilines is 1. The maximum absolute atomic E-state index is 12.3. The Morgan fingerprint density at radius 2 is 1.59 bits per heavy atom. The molecule has 3 rings (SSSR count). The van der Waals surface area contributed by atoms with Crippen LogP contribution < -0.4 is 25.5 Å². The highest BCUT2D eigenvalue weighted by Gasteiger charge is 2.12. The molecule has 0 atom stereocenters. The average molecular weight is 543 g/mol. The second-order valence-corrected chi connectivity index (χ2v) is 8.36. The first-order chi connectivity index (χ1) is 17.8. The van der Waals surface area contributed by atoms with Gasteiger partial charge in [0.25, 0.3) is 5.91 Å². The predicted octanol–water partition coefficient (Wildman–Crippen LogP) is 4.18. The van der Waals surface area contributed by atoms with Gasteiger partial charge in [0, 0.05) is 27.8 Å². The third-order valence-electron chi connectivity index (χ3n) is 4.72. The number of nitrogens with one attached hydrogen (secondary N) is 3. The Bertz CT molecular complexity index is 1260. The van der Waals surface area contributed by atoms with Gasteiger partial charge in [-0.3, -0.25) is 14.4 Å². The lowest BCUT2D eigenvalue weighted by atomic mass is 10.2. The van der Waals surface area contributed by atoms with Crippen LogP contribution in [0.25, 0.3) is 0 Å². The van der Waals surface area contributed by atoms with Crippen molar-refractivity contribution in [3.05, 3.63) is 87.9 Å². The molecule has 0 aliphatic rings. The third-order valence-corrected chi connectivity index (χ3v) is 5.21. The molecule has 0 aliphatic heterocycles. The van der Waals surface area contributed by atoms with E-state index in [0.29, 0.717) is 39.4 Å². The molecule has 37 heavy (non-hydrogen) atoms. The molecule has 0 radical (unpaired) electrons. The van der Waals surface area contributed by atoms with Crippen LogP contribution >= 0.6 is 23.2 Å². The van der Waals surface area contributed by atoms with Gasteiger partial charge in [-0.25, -0.2) is 5.43 Å². The molecule has 3 amide bonds. The fourth-order valence-corrected chi connectivity index (χ4v) is 3.28. The fourth-order valence-electron chi connectivity index (χ4n) is 2.97. The molecule has 0 aliphatic carbocycles. The minimum absolute atomic E-state index is 0.151. The van der Waals surface area contributed by atoms with Gasteiger partial charge in [-0.15, -0.1) is 0 Å². The number of carbonyl (C=O) groups is 3. The number of nitrogens with zero attached hydrogens (tertiary/aromatic N) is 1. The average Bonchev–Trinajstić information content (AvgIpc) is 2.89. The van der Waals surface area contributed by atoms with Crippen LogP contribution in [0.2, 0.25) is 10.0 Å². The van der Waals surface area contributed by atoms with Crippen molar-refractivity contribution in [1.29, 1.82) is 0 Å². The molecule has 11 heteroatoms. The van der Waals surface area contributed by atoms with Crippen LogP contribution in [0.4, 0.5) is 5.69 Å². The number of ether oxygens (including phenoxy) is 2. The summed E-state index contributed by atoms with van der Waals surface area (Å²) in [6.07, 6.45) is 1.26. The van der Waals surface area contributed by atoms with Gasteiger partial charge in [0.2, 0.25) is 0 Å². The summed E-state index contributed by atoms with van der Waals surface area (Å²) in [5.41, 5.74) is 3.90. The van der Waals surface area contributed by atoms with E-state index in [1.807, 2.05) is 6.92 Å². The maximum Gasteiger partial charge on any atom is 0.329 e. The number of hydrogen-bond donors (Lipinski definition) is 3. The van der Waals surface area contributed by atoms with Gasteiger partial charge >= 0.3 is 11.8 Å². The molecule has 0 bridgehead atoms. The minimum atomic E-state index is -0.954. The van der Waals surface area contributed by atoms with E-state index < -0.39 is 11.8 Å². The summed E-state index contributed by atoms with van der Waals surface area (Å²) in [5.74, 6) is -1.19. The number of rotatable bonds is 10. The standard InChI is InChI=1S/C26H24Cl2N4O5/c1-2-36-22-10-8-21(9-11-22)31-24(33)16-37-23-12-7-20(28)13-18(23)15-30-32-26(35)25(34)29-14-17-3-5-19(27)6-4-17/h3-13,15H,2,14,16H2,1H3,(H,29,34)(H,31,33)(H,32,35)/b30-15-. The maximum atomic E-state index is 12.3. The van der Waals surface area contributed by atoms with E-state index in [1.54, 1.807) is 60.7 Å². The SMILES string of the molecule is CCOc1ccc(NC(=O)COc2ccc(Cl)cc2/C=N\NC(=O)C(=O)NCc2ccc(Cl)cc2)cc1. The zero-order chi connectivity index (χ0) is 26.6. The van der Waals surface area contributed by atoms with Crippen LogP contribution in [-0.4, -0.2) is 37.1 Å². The normalized spacial score (nSPS) is 10.6. The van der Waals surface area contributed by atoms with Gasteiger partial charge in [0.1, 0.15) is 11.5 Å². The smallest absolute Gasteiger partial charge is 0.329 e. The van der Waals surface area contributed by atoms with Crippen molar-refractivity contribution in [2.45, 2.75) is 13.5 Å². The summed E-state index contributed by atoms with van der Waals surface area (Å²) in [5, 5.41) is 9.96. The molecule has 0 saturated heterocycles. The van der Waals surface area contributed by atoms with Crippen molar-refractivity contribution in [3.63, 3.8) is 0 Å². The van der Waals surface area contributed by atoms with Gasteiger partial charge in [-0.05, 0) is 67.1 Å². The lowest BCUT2D eigenvalue weighted by Crippen LogP contribution is -2.37. The predicted molar refractivity (Wildman–Crippen MR) is 142 cm³/mol. The molecular formula is C26H24Cl2N4O5. The molecule has 3 N–H and O–H groups in total. The highest BCUT2D eigenvalue weighted by molar-refractivity contribution is 6.35. The number of amides is 3. The van der Waals surface area contributed by atoms with E-state index in [2.05, 4.69) is 21.2 Å². The number of carbonyl (C=O) groups excluding carboxylic acids is 3. The molecular weight excluding hydrogens is 519 g/mol. The summed E-state index contributed by atoms with van der Waals surface area (Å²) in [6.45, 7) is 2.30. The first-order valence-corrected chi connectivity index (χ1v) is 11.9. The van der Waals surface area contributed by atoms with E-state index in [1.165, 1.54) is 12.3 Å². The topological polar surface area (TPSA) is 118 Å². The zero-order valence-corrected chi connectivity index (χ0v) is 21.3. The molecule has 9 nitrogen and oxygen atoms in total. The highest BCUT2D eigenvalue weighted by Crippen LogP contribution is 2.22. The Hall–Kier alpha value is -4.08. The number of halogens is 2. The van der Waals surface area contributed by atoms with Crippen molar-refractivity contribution >= 4 is 52.8 Å². The Morgan fingerprint density at radius 3 is 2.30 bits per heavy atom. The van der Waals surface area contributed by atoms with Crippen molar-refractivity contribution in [2.24, 2.45) is 5.10 Å².